The average Bonchev–Trinajstić information content (AvgIpc) is 2.65. The zero-order valence-corrected chi connectivity index (χ0v) is 7.87. The van der Waals surface area contributed by atoms with E-state index in [1.807, 2.05) is 0 Å². The topological polar surface area (TPSA) is 74.9 Å². The number of anilines is 1. The minimum absolute atomic E-state index is 0.128. The number of halogens is 1. The highest BCUT2D eigenvalue weighted by Gasteiger charge is 2.08. The van der Waals surface area contributed by atoms with Crippen molar-refractivity contribution in [1.29, 1.82) is 0 Å². The molecule has 0 spiro atoms. The molecule has 4 N–H and O–H groups in total. The van der Waals surface area contributed by atoms with Gasteiger partial charge >= 0.3 is 0 Å². The Morgan fingerprint density at radius 1 is 1.40 bits per heavy atom. The lowest BCUT2D eigenvalue weighted by Crippen LogP contribution is -1.89. The molecule has 0 fully saturated rings. The summed E-state index contributed by atoms with van der Waals surface area (Å²) >= 11 is 0. The molecule has 0 saturated carbocycles. The van der Waals surface area contributed by atoms with E-state index < -0.39 is 0 Å². The van der Waals surface area contributed by atoms with Crippen LogP contribution in [0.5, 0.6) is 0 Å². The van der Waals surface area contributed by atoms with Gasteiger partial charge in [0.2, 0.25) is 0 Å². The molecule has 0 aliphatic heterocycles. The Balaban J connectivity index is 2.51. The zero-order valence-electron chi connectivity index (χ0n) is 7.87. The van der Waals surface area contributed by atoms with Crippen LogP contribution >= 0.6 is 0 Å². The molecule has 2 aromatic rings. The van der Waals surface area contributed by atoms with Crippen LogP contribution in [0.25, 0.3) is 11.3 Å². The standard InChI is InChI=1S/C10H10FN3O/c11-8-2-1-6(5-15)3-7(8)9-4-10(12)14-13-9/h1-4,15H,5H2,(H3,12,13,14). The van der Waals surface area contributed by atoms with Gasteiger partial charge in [0.15, 0.2) is 0 Å². The van der Waals surface area contributed by atoms with Gasteiger partial charge in [0.05, 0.1) is 12.3 Å². The van der Waals surface area contributed by atoms with E-state index in [0.29, 0.717) is 22.6 Å². The highest BCUT2D eigenvalue weighted by Crippen LogP contribution is 2.23. The number of hydrogen-bond acceptors (Lipinski definition) is 3. The van der Waals surface area contributed by atoms with Gasteiger partial charge in [0, 0.05) is 11.6 Å². The Morgan fingerprint density at radius 3 is 2.80 bits per heavy atom. The van der Waals surface area contributed by atoms with Crippen molar-refractivity contribution in [2.45, 2.75) is 6.61 Å². The maximum atomic E-state index is 13.4. The van der Waals surface area contributed by atoms with E-state index in [2.05, 4.69) is 10.2 Å². The van der Waals surface area contributed by atoms with Crippen molar-refractivity contribution in [2.75, 3.05) is 5.73 Å². The molecule has 1 aromatic carbocycles. The third-order valence-corrected chi connectivity index (χ3v) is 2.10. The summed E-state index contributed by atoms with van der Waals surface area (Å²) in [4.78, 5) is 0. The molecule has 78 valence electrons. The first kappa shape index (κ1) is 9.67. The smallest absolute Gasteiger partial charge is 0.145 e. The predicted molar refractivity (Wildman–Crippen MR) is 54.3 cm³/mol. The maximum Gasteiger partial charge on any atom is 0.145 e. The molecule has 0 atom stereocenters. The second-order valence-corrected chi connectivity index (χ2v) is 3.18. The third kappa shape index (κ3) is 1.82. The number of nitrogens with zero attached hydrogens (tertiary/aromatic N) is 1. The van der Waals surface area contributed by atoms with Crippen LogP contribution in [-0.2, 0) is 6.61 Å². The molecule has 5 heteroatoms. The molecule has 4 nitrogen and oxygen atoms in total. The fraction of sp³-hybridized carbons (Fsp3) is 0.100. The summed E-state index contributed by atoms with van der Waals surface area (Å²) in [5, 5.41) is 15.3. The number of rotatable bonds is 2. The number of aromatic amines is 1. The lowest BCUT2D eigenvalue weighted by Gasteiger charge is -2.02. The molecule has 1 heterocycles. The summed E-state index contributed by atoms with van der Waals surface area (Å²) in [6.07, 6.45) is 0. The van der Waals surface area contributed by atoms with E-state index in [1.54, 1.807) is 12.1 Å². The number of H-pyrrole nitrogens is 1. The fourth-order valence-corrected chi connectivity index (χ4v) is 1.35. The van der Waals surface area contributed by atoms with Gasteiger partial charge in [0.25, 0.3) is 0 Å². The number of aliphatic hydroxyl groups is 1. The number of nitrogen functional groups attached to an aromatic ring is 1. The Hall–Kier alpha value is -1.88. The first-order chi connectivity index (χ1) is 7.20. The molecule has 0 aliphatic rings. The molecule has 0 saturated heterocycles. The van der Waals surface area contributed by atoms with E-state index >= 15 is 0 Å². The van der Waals surface area contributed by atoms with Gasteiger partial charge < -0.3 is 10.8 Å². The molecular formula is C10H10FN3O. The van der Waals surface area contributed by atoms with Gasteiger partial charge in [-0.2, -0.15) is 5.10 Å². The molecule has 2 rings (SSSR count). The fourth-order valence-electron chi connectivity index (χ4n) is 1.35. The molecule has 1 aromatic heterocycles. The van der Waals surface area contributed by atoms with E-state index in [-0.39, 0.29) is 12.4 Å². The number of hydrogen-bond donors (Lipinski definition) is 3. The summed E-state index contributed by atoms with van der Waals surface area (Å²) < 4.78 is 13.4. The van der Waals surface area contributed by atoms with Crippen LogP contribution in [0.3, 0.4) is 0 Å². The van der Waals surface area contributed by atoms with Gasteiger partial charge in [-0.3, -0.25) is 5.10 Å². The van der Waals surface area contributed by atoms with Crippen molar-refractivity contribution < 1.29 is 9.50 Å². The molecule has 0 amide bonds. The number of nitrogens with two attached hydrogens (primary N) is 1. The van der Waals surface area contributed by atoms with E-state index in [4.69, 9.17) is 10.8 Å². The highest BCUT2D eigenvalue weighted by molar-refractivity contribution is 5.63. The number of benzene rings is 1. The Bertz CT molecular complexity index is 481. The molecular weight excluding hydrogens is 197 g/mol. The molecule has 0 aliphatic carbocycles. The molecule has 0 bridgehead atoms. The average molecular weight is 207 g/mol. The summed E-state index contributed by atoms with van der Waals surface area (Å²) in [6, 6.07) is 5.93. The predicted octanol–water partition coefficient (Wildman–Crippen LogP) is 1.29. The van der Waals surface area contributed by atoms with Crippen LogP contribution < -0.4 is 5.73 Å². The second kappa shape index (κ2) is 3.70. The van der Waals surface area contributed by atoms with Crippen LogP contribution in [0.15, 0.2) is 24.3 Å². The third-order valence-electron chi connectivity index (χ3n) is 2.10. The Labute approximate surface area is 85.6 Å². The monoisotopic (exact) mass is 207 g/mol. The summed E-state index contributed by atoms with van der Waals surface area (Å²) in [6.45, 7) is -0.128. The van der Waals surface area contributed by atoms with Gasteiger partial charge in [0.1, 0.15) is 11.6 Å². The number of aliphatic hydroxyl groups excluding tert-OH is 1. The van der Waals surface area contributed by atoms with Crippen LogP contribution in [0.4, 0.5) is 10.2 Å². The van der Waals surface area contributed by atoms with Crippen molar-refractivity contribution in [3.05, 3.63) is 35.6 Å². The molecule has 15 heavy (non-hydrogen) atoms. The maximum absolute atomic E-state index is 13.4. The quantitative estimate of drug-likeness (QED) is 0.694. The lowest BCUT2D eigenvalue weighted by atomic mass is 10.1. The van der Waals surface area contributed by atoms with E-state index in [0.717, 1.165) is 0 Å². The van der Waals surface area contributed by atoms with Gasteiger partial charge in [-0.15, -0.1) is 0 Å². The summed E-state index contributed by atoms with van der Waals surface area (Å²) in [7, 11) is 0. The summed E-state index contributed by atoms with van der Waals surface area (Å²) in [5.74, 6) is -0.0744. The van der Waals surface area contributed by atoms with Crippen LogP contribution in [-0.4, -0.2) is 15.3 Å². The van der Waals surface area contributed by atoms with Crippen LogP contribution in [0.2, 0.25) is 0 Å². The zero-order chi connectivity index (χ0) is 10.8. The van der Waals surface area contributed by atoms with Crippen molar-refractivity contribution in [1.82, 2.24) is 10.2 Å². The van der Waals surface area contributed by atoms with Gasteiger partial charge in [-0.25, -0.2) is 4.39 Å². The lowest BCUT2D eigenvalue weighted by molar-refractivity contribution is 0.282. The van der Waals surface area contributed by atoms with E-state index in [1.165, 1.54) is 12.1 Å². The molecule has 0 unspecified atom stereocenters. The Kier molecular flexibility index (Phi) is 2.39. The normalized spacial score (nSPS) is 10.5. The van der Waals surface area contributed by atoms with Gasteiger partial charge in [-0.1, -0.05) is 6.07 Å². The van der Waals surface area contributed by atoms with Crippen LogP contribution in [0, 0.1) is 5.82 Å². The van der Waals surface area contributed by atoms with E-state index in [9.17, 15) is 4.39 Å². The van der Waals surface area contributed by atoms with Crippen molar-refractivity contribution in [2.24, 2.45) is 0 Å². The van der Waals surface area contributed by atoms with Gasteiger partial charge in [-0.05, 0) is 17.7 Å². The minimum Gasteiger partial charge on any atom is -0.392 e. The Morgan fingerprint density at radius 2 is 2.20 bits per heavy atom. The van der Waals surface area contributed by atoms with Crippen molar-refractivity contribution in [3.63, 3.8) is 0 Å². The second-order valence-electron chi connectivity index (χ2n) is 3.18. The SMILES string of the molecule is Nc1cc(-c2cc(CO)ccc2F)[nH]n1. The first-order valence-electron chi connectivity index (χ1n) is 4.41. The largest absolute Gasteiger partial charge is 0.392 e. The van der Waals surface area contributed by atoms with Crippen LogP contribution in [0.1, 0.15) is 5.56 Å². The molecule has 0 radical (unpaired) electrons. The minimum atomic E-state index is -0.379. The highest BCUT2D eigenvalue weighted by atomic mass is 19.1. The first-order valence-corrected chi connectivity index (χ1v) is 4.41. The number of aromatic nitrogens is 2. The van der Waals surface area contributed by atoms with Crippen molar-refractivity contribution >= 4 is 5.82 Å². The summed E-state index contributed by atoms with van der Waals surface area (Å²) in [5.41, 5.74) is 6.91. The van der Waals surface area contributed by atoms with Crippen molar-refractivity contribution in [3.8, 4) is 11.3 Å². The number of nitrogens with one attached hydrogen (secondary N) is 1.